The van der Waals surface area contributed by atoms with Gasteiger partial charge in [0.2, 0.25) is 0 Å². The van der Waals surface area contributed by atoms with Gasteiger partial charge in [-0.05, 0) is 30.7 Å². The number of epoxide rings is 1. The van der Waals surface area contributed by atoms with E-state index in [1.807, 2.05) is 0 Å². The van der Waals surface area contributed by atoms with Gasteiger partial charge in [-0.1, -0.05) is 15.9 Å². The molecule has 100 valence electrons. The summed E-state index contributed by atoms with van der Waals surface area (Å²) in [7, 11) is 0. The molecular formula is C12H12BrF3O2. The Morgan fingerprint density at radius 1 is 1.50 bits per heavy atom. The lowest BCUT2D eigenvalue weighted by Crippen LogP contribution is -2.10. The highest BCUT2D eigenvalue weighted by molar-refractivity contribution is 9.10. The highest BCUT2D eigenvalue weighted by atomic mass is 79.9. The number of hydrogen-bond acceptors (Lipinski definition) is 2. The van der Waals surface area contributed by atoms with Crippen LogP contribution in [0, 0.1) is 0 Å². The second-order valence-corrected chi connectivity index (χ2v) is 5.02. The van der Waals surface area contributed by atoms with Gasteiger partial charge in [-0.15, -0.1) is 0 Å². The number of benzene rings is 1. The lowest BCUT2D eigenvalue weighted by atomic mass is 10.1. The van der Waals surface area contributed by atoms with E-state index in [1.54, 1.807) is 6.92 Å². The first-order valence-electron chi connectivity index (χ1n) is 5.48. The Morgan fingerprint density at radius 2 is 2.17 bits per heavy atom. The zero-order valence-electron chi connectivity index (χ0n) is 9.63. The third-order valence-electron chi connectivity index (χ3n) is 2.70. The number of halogens is 4. The van der Waals surface area contributed by atoms with Gasteiger partial charge in [0.15, 0.2) is 0 Å². The molecule has 1 fully saturated rings. The Labute approximate surface area is 111 Å². The third kappa shape index (κ3) is 3.46. The molecule has 0 N–H and O–H groups in total. The van der Waals surface area contributed by atoms with Gasteiger partial charge >= 0.3 is 6.18 Å². The van der Waals surface area contributed by atoms with Gasteiger partial charge in [0.25, 0.3) is 0 Å². The van der Waals surface area contributed by atoms with Gasteiger partial charge in [-0.25, -0.2) is 0 Å². The molecule has 0 aliphatic carbocycles. The van der Waals surface area contributed by atoms with E-state index in [0.717, 1.165) is 12.1 Å². The van der Waals surface area contributed by atoms with Crippen LogP contribution in [0.2, 0.25) is 0 Å². The van der Waals surface area contributed by atoms with Gasteiger partial charge in [-0.2, -0.15) is 13.2 Å². The molecule has 2 nitrogen and oxygen atoms in total. The van der Waals surface area contributed by atoms with Crippen LogP contribution in [-0.4, -0.2) is 19.3 Å². The molecule has 0 bridgehead atoms. The highest BCUT2D eigenvalue weighted by Gasteiger charge is 2.31. The summed E-state index contributed by atoms with van der Waals surface area (Å²) in [5, 5.41) is 0. The largest absolute Gasteiger partial charge is 0.416 e. The number of ether oxygens (including phenoxy) is 2. The predicted molar refractivity (Wildman–Crippen MR) is 63.3 cm³/mol. The number of rotatable bonds is 4. The lowest BCUT2D eigenvalue weighted by molar-refractivity contribution is -0.137. The van der Waals surface area contributed by atoms with Crippen LogP contribution in [0.25, 0.3) is 0 Å². The van der Waals surface area contributed by atoms with Crippen molar-refractivity contribution in [3.05, 3.63) is 33.8 Å². The molecule has 2 rings (SSSR count). The van der Waals surface area contributed by atoms with Crippen molar-refractivity contribution >= 4 is 15.9 Å². The van der Waals surface area contributed by atoms with Crippen LogP contribution in [0.4, 0.5) is 13.2 Å². The van der Waals surface area contributed by atoms with E-state index >= 15 is 0 Å². The van der Waals surface area contributed by atoms with E-state index in [4.69, 9.17) is 9.47 Å². The summed E-state index contributed by atoms with van der Waals surface area (Å²) in [6.07, 6.45) is -4.66. The zero-order valence-corrected chi connectivity index (χ0v) is 11.2. The molecule has 1 saturated heterocycles. The smallest absolute Gasteiger partial charge is 0.371 e. The van der Waals surface area contributed by atoms with Crippen molar-refractivity contribution in [2.24, 2.45) is 0 Å². The molecule has 1 aromatic carbocycles. The molecule has 1 aliphatic rings. The molecule has 6 heteroatoms. The first kappa shape index (κ1) is 13.8. The van der Waals surface area contributed by atoms with Crippen LogP contribution in [-0.2, 0) is 15.7 Å². The topological polar surface area (TPSA) is 21.8 Å². The van der Waals surface area contributed by atoms with Crippen molar-refractivity contribution in [3.63, 3.8) is 0 Å². The minimum absolute atomic E-state index is 0.0945. The highest BCUT2D eigenvalue weighted by Crippen LogP contribution is 2.34. The van der Waals surface area contributed by atoms with Crippen molar-refractivity contribution in [1.82, 2.24) is 0 Å². The SMILES string of the molecule is C[C@@H](OC[C@H]1CO1)c1cc(C(F)(F)F)ccc1Br. The van der Waals surface area contributed by atoms with Gasteiger partial charge in [0.1, 0.15) is 6.10 Å². The fraction of sp³-hybridized carbons (Fsp3) is 0.500. The Hall–Kier alpha value is -0.590. The average Bonchev–Trinajstić information content (AvgIpc) is 3.08. The van der Waals surface area contributed by atoms with E-state index in [-0.39, 0.29) is 6.10 Å². The van der Waals surface area contributed by atoms with Gasteiger partial charge in [0.05, 0.1) is 24.9 Å². The quantitative estimate of drug-likeness (QED) is 0.782. The molecule has 0 amide bonds. The standard InChI is InChI=1S/C12H12BrF3O2/c1-7(17-5-9-6-18-9)10-4-8(12(14,15)16)2-3-11(10)13/h2-4,7,9H,5-6H2,1H3/t7-,9+/m1/s1. The van der Waals surface area contributed by atoms with Crippen molar-refractivity contribution in [2.75, 3.05) is 13.2 Å². The van der Waals surface area contributed by atoms with E-state index < -0.39 is 17.8 Å². The normalized spacial score (nSPS) is 20.8. The first-order valence-corrected chi connectivity index (χ1v) is 6.27. The molecule has 1 aromatic rings. The maximum atomic E-state index is 12.6. The minimum atomic E-state index is -4.34. The zero-order chi connectivity index (χ0) is 13.3. The molecule has 1 aliphatic heterocycles. The molecular weight excluding hydrogens is 313 g/mol. The predicted octanol–water partition coefficient (Wildman–Crippen LogP) is 3.94. The molecule has 0 saturated carbocycles. The summed E-state index contributed by atoms with van der Waals surface area (Å²) in [5.41, 5.74) is -0.177. The fourth-order valence-electron chi connectivity index (χ4n) is 1.54. The fourth-order valence-corrected chi connectivity index (χ4v) is 2.11. The third-order valence-corrected chi connectivity index (χ3v) is 3.42. The van der Waals surface area contributed by atoms with Crippen molar-refractivity contribution in [2.45, 2.75) is 25.3 Å². The molecule has 0 aromatic heterocycles. The Balaban J connectivity index is 2.13. The maximum Gasteiger partial charge on any atom is 0.416 e. The second kappa shape index (κ2) is 5.19. The van der Waals surface area contributed by atoms with Crippen LogP contribution in [0.15, 0.2) is 22.7 Å². The molecule has 0 radical (unpaired) electrons. The van der Waals surface area contributed by atoms with Gasteiger partial charge in [0, 0.05) is 4.47 Å². The number of alkyl halides is 3. The molecule has 1 heterocycles. The summed E-state index contributed by atoms with van der Waals surface area (Å²) in [5.74, 6) is 0. The first-order chi connectivity index (χ1) is 8.38. The van der Waals surface area contributed by atoms with Crippen LogP contribution in [0.3, 0.4) is 0 Å². The Morgan fingerprint density at radius 3 is 2.72 bits per heavy atom. The molecule has 0 unspecified atom stereocenters. The van der Waals surface area contributed by atoms with Gasteiger partial charge in [-0.3, -0.25) is 0 Å². The lowest BCUT2D eigenvalue weighted by Gasteiger charge is -2.16. The van der Waals surface area contributed by atoms with Crippen molar-refractivity contribution in [3.8, 4) is 0 Å². The number of hydrogen-bond donors (Lipinski definition) is 0. The summed E-state index contributed by atoms with van der Waals surface area (Å²) in [6.45, 7) is 2.79. The average molecular weight is 325 g/mol. The molecule has 2 atom stereocenters. The van der Waals surface area contributed by atoms with E-state index in [0.29, 0.717) is 23.2 Å². The molecule has 0 spiro atoms. The van der Waals surface area contributed by atoms with E-state index in [9.17, 15) is 13.2 Å². The maximum absolute atomic E-state index is 12.6. The monoisotopic (exact) mass is 324 g/mol. The Bertz CT molecular complexity index is 430. The summed E-state index contributed by atoms with van der Waals surface area (Å²) in [4.78, 5) is 0. The summed E-state index contributed by atoms with van der Waals surface area (Å²) >= 11 is 3.24. The van der Waals surface area contributed by atoms with Crippen LogP contribution < -0.4 is 0 Å². The van der Waals surface area contributed by atoms with Crippen molar-refractivity contribution < 1.29 is 22.6 Å². The minimum Gasteiger partial charge on any atom is -0.371 e. The van der Waals surface area contributed by atoms with Crippen LogP contribution in [0.1, 0.15) is 24.2 Å². The Kier molecular flexibility index (Phi) is 3.99. The second-order valence-electron chi connectivity index (χ2n) is 4.16. The summed E-state index contributed by atoms with van der Waals surface area (Å²) < 4.78 is 48.9. The van der Waals surface area contributed by atoms with E-state index in [1.165, 1.54) is 6.07 Å². The van der Waals surface area contributed by atoms with Crippen LogP contribution in [0.5, 0.6) is 0 Å². The molecule has 18 heavy (non-hydrogen) atoms. The van der Waals surface area contributed by atoms with E-state index in [2.05, 4.69) is 15.9 Å². The van der Waals surface area contributed by atoms with Crippen LogP contribution >= 0.6 is 15.9 Å². The van der Waals surface area contributed by atoms with Crippen molar-refractivity contribution in [1.29, 1.82) is 0 Å². The van der Waals surface area contributed by atoms with Gasteiger partial charge < -0.3 is 9.47 Å². The summed E-state index contributed by atoms with van der Waals surface area (Å²) in [6, 6.07) is 3.55.